The van der Waals surface area contributed by atoms with Gasteiger partial charge >= 0.3 is 0 Å². The van der Waals surface area contributed by atoms with Crippen molar-refractivity contribution in [3.05, 3.63) is 45.8 Å². The monoisotopic (exact) mass is 409 g/mol. The van der Waals surface area contributed by atoms with Gasteiger partial charge in [-0.05, 0) is 62.5 Å². The molecule has 6 nitrogen and oxygen atoms in total. The van der Waals surface area contributed by atoms with Crippen molar-refractivity contribution in [2.45, 2.75) is 26.7 Å². The number of thiophene rings is 1. The number of aromatic nitrogens is 2. The molecule has 152 valence electrons. The third kappa shape index (κ3) is 4.74. The fraction of sp³-hybridized carbons (Fsp3) is 0.409. The van der Waals surface area contributed by atoms with E-state index in [4.69, 9.17) is 9.97 Å². The summed E-state index contributed by atoms with van der Waals surface area (Å²) in [6.45, 7) is 8.03. The van der Waals surface area contributed by atoms with Gasteiger partial charge in [0.15, 0.2) is 0 Å². The smallest absolute Gasteiger partial charge is 0.226 e. The molecule has 0 unspecified atom stereocenters. The average molecular weight is 410 g/mol. The Hall–Kier alpha value is -2.51. The number of nitrogens with zero attached hydrogens (tertiary/aromatic N) is 4. The number of rotatable bonds is 5. The summed E-state index contributed by atoms with van der Waals surface area (Å²) in [5, 5.41) is 6.12. The molecule has 4 rings (SSSR count). The Kier molecular flexibility index (Phi) is 5.78. The third-order valence-corrected chi connectivity index (χ3v) is 6.28. The van der Waals surface area contributed by atoms with Crippen molar-refractivity contribution in [3.8, 4) is 0 Å². The van der Waals surface area contributed by atoms with Crippen molar-refractivity contribution in [1.82, 2.24) is 14.9 Å². The largest absolute Gasteiger partial charge is 0.338 e. The van der Waals surface area contributed by atoms with Crippen LogP contribution in [-0.2, 0) is 11.2 Å². The molecule has 1 N–H and O–H groups in total. The van der Waals surface area contributed by atoms with E-state index in [9.17, 15) is 4.79 Å². The van der Waals surface area contributed by atoms with Crippen molar-refractivity contribution in [1.29, 1.82) is 0 Å². The average Bonchev–Trinajstić information content (AvgIpc) is 3.12. The molecule has 0 bridgehead atoms. The van der Waals surface area contributed by atoms with Crippen molar-refractivity contribution in [2.75, 3.05) is 43.4 Å². The van der Waals surface area contributed by atoms with E-state index in [2.05, 4.69) is 40.5 Å². The van der Waals surface area contributed by atoms with E-state index in [1.807, 2.05) is 25.1 Å². The molecule has 0 spiro atoms. The number of fused-ring (bicyclic) bond motifs is 1. The van der Waals surface area contributed by atoms with Crippen molar-refractivity contribution >= 4 is 39.8 Å². The number of nitrogens with one attached hydrogen (secondary N) is 1. The Morgan fingerprint density at radius 1 is 1.14 bits per heavy atom. The molecule has 1 amide bonds. The molecule has 7 heteroatoms. The molecule has 0 aliphatic carbocycles. The van der Waals surface area contributed by atoms with Gasteiger partial charge in [-0.15, -0.1) is 11.3 Å². The first-order valence-electron chi connectivity index (χ1n) is 10.0. The fourth-order valence-corrected chi connectivity index (χ4v) is 4.34. The van der Waals surface area contributed by atoms with Crippen molar-refractivity contribution < 1.29 is 4.79 Å². The topological polar surface area (TPSA) is 61.4 Å². The number of anilines is 2. The number of benzene rings is 1. The highest BCUT2D eigenvalue weighted by molar-refractivity contribution is 7.10. The lowest BCUT2D eigenvalue weighted by Crippen LogP contribution is -2.45. The second kappa shape index (κ2) is 8.47. The van der Waals surface area contributed by atoms with Crippen LogP contribution in [0.3, 0.4) is 0 Å². The summed E-state index contributed by atoms with van der Waals surface area (Å²) in [6.07, 6.45) is 1.24. The van der Waals surface area contributed by atoms with Gasteiger partial charge in [0.2, 0.25) is 11.9 Å². The van der Waals surface area contributed by atoms with Crippen molar-refractivity contribution in [3.63, 3.8) is 0 Å². The normalized spacial score (nSPS) is 15.1. The van der Waals surface area contributed by atoms with Gasteiger partial charge in [0, 0.05) is 48.6 Å². The Balaban J connectivity index is 1.45. The lowest BCUT2D eigenvalue weighted by molar-refractivity contribution is -0.116. The van der Waals surface area contributed by atoms with E-state index >= 15 is 0 Å². The predicted octanol–water partition coefficient (Wildman–Crippen LogP) is 3.63. The molecule has 0 radical (unpaired) electrons. The van der Waals surface area contributed by atoms with E-state index in [-0.39, 0.29) is 5.91 Å². The summed E-state index contributed by atoms with van der Waals surface area (Å²) in [4.78, 5) is 27.7. The third-order valence-electron chi connectivity index (χ3n) is 5.37. The van der Waals surface area contributed by atoms with E-state index in [0.717, 1.165) is 60.8 Å². The SMILES string of the molecule is Cc1cc(CCC(=O)Nc2ccc3nc(N4CCN(C)CC4)nc(C)c3c2)cs1. The van der Waals surface area contributed by atoms with E-state index in [1.165, 1.54) is 10.4 Å². The molecule has 0 saturated carbocycles. The Labute approximate surface area is 175 Å². The molecular weight excluding hydrogens is 382 g/mol. The quantitative estimate of drug-likeness (QED) is 0.697. The first-order chi connectivity index (χ1) is 14.0. The number of piperazine rings is 1. The van der Waals surface area contributed by atoms with Gasteiger partial charge in [-0.2, -0.15) is 0 Å². The maximum atomic E-state index is 12.4. The highest BCUT2D eigenvalue weighted by Crippen LogP contribution is 2.24. The van der Waals surface area contributed by atoms with E-state index in [0.29, 0.717) is 6.42 Å². The zero-order valence-corrected chi connectivity index (χ0v) is 18.1. The summed E-state index contributed by atoms with van der Waals surface area (Å²) in [6, 6.07) is 8.02. The summed E-state index contributed by atoms with van der Waals surface area (Å²) < 4.78 is 0. The minimum absolute atomic E-state index is 0.0285. The van der Waals surface area contributed by atoms with Crippen LogP contribution in [0, 0.1) is 13.8 Å². The Morgan fingerprint density at radius 3 is 2.66 bits per heavy atom. The van der Waals surface area contributed by atoms with Crippen LogP contribution < -0.4 is 10.2 Å². The van der Waals surface area contributed by atoms with Gasteiger partial charge < -0.3 is 15.1 Å². The van der Waals surface area contributed by atoms with Crippen LogP contribution in [0.15, 0.2) is 29.6 Å². The van der Waals surface area contributed by atoms with Crippen LogP contribution in [0.4, 0.5) is 11.6 Å². The molecule has 3 aromatic rings. The minimum Gasteiger partial charge on any atom is -0.338 e. The van der Waals surface area contributed by atoms with Crippen LogP contribution >= 0.6 is 11.3 Å². The van der Waals surface area contributed by atoms with Gasteiger partial charge in [-0.25, -0.2) is 9.97 Å². The summed E-state index contributed by atoms with van der Waals surface area (Å²) >= 11 is 1.72. The zero-order chi connectivity index (χ0) is 20.4. The predicted molar refractivity (Wildman–Crippen MR) is 120 cm³/mol. The van der Waals surface area contributed by atoms with Crippen molar-refractivity contribution in [2.24, 2.45) is 0 Å². The second-order valence-electron chi connectivity index (χ2n) is 7.75. The van der Waals surface area contributed by atoms with Crippen LogP contribution in [0.25, 0.3) is 10.9 Å². The summed E-state index contributed by atoms with van der Waals surface area (Å²) in [5.74, 6) is 0.826. The molecule has 29 heavy (non-hydrogen) atoms. The standard InChI is InChI=1S/C22H27N5OS/c1-15-12-17(14-29-15)4-7-21(28)24-18-5-6-20-19(13-18)16(2)23-22(25-20)27-10-8-26(3)9-11-27/h5-6,12-14H,4,7-11H2,1-3H3,(H,24,28). The highest BCUT2D eigenvalue weighted by Gasteiger charge is 2.18. The molecule has 1 aromatic carbocycles. The Morgan fingerprint density at radius 2 is 1.93 bits per heavy atom. The Bertz CT molecular complexity index is 1020. The zero-order valence-electron chi connectivity index (χ0n) is 17.2. The molecule has 1 aliphatic rings. The van der Waals surface area contributed by atoms with Crippen LogP contribution in [0.2, 0.25) is 0 Å². The van der Waals surface area contributed by atoms with Gasteiger partial charge in [0.25, 0.3) is 0 Å². The summed E-state index contributed by atoms with van der Waals surface area (Å²) in [7, 11) is 2.14. The van der Waals surface area contributed by atoms with Gasteiger partial charge in [0.05, 0.1) is 11.2 Å². The maximum Gasteiger partial charge on any atom is 0.226 e. The number of likely N-dealkylation sites (N-methyl/N-ethyl adjacent to an activating group) is 1. The molecule has 2 aromatic heterocycles. The number of carbonyl (C=O) groups is 1. The first kappa shape index (κ1) is 19.8. The number of hydrogen-bond donors (Lipinski definition) is 1. The summed E-state index contributed by atoms with van der Waals surface area (Å²) in [5.41, 5.74) is 3.87. The highest BCUT2D eigenvalue weighted by atomic mass is 32.1. The molecule has 1 aliphatic heterocycles. The van der Waals surface area contributed by atoms with Gasteiger partial charge in [-0.3, -0.25) is 4.79 Å². The lowest BCUT2D eigenvalue weighted by Gasteiger charge is -2.32. The molecule has 1 saturated heterocycles. The lowest BCUT2D eigenvalue weighted by atomic mass is 10.1. The maximum absolute atomic E-state index is 12.4. The van der Waals surface area contributed by atoms with Crippen LogP contribution in [0.1, 0.15) is 22.6 Å². The molecular formula is C22H27N5OS. The van der Waals surface area contributed by atoms with Crippen LogP contribution in [-0.4, -0.2) is 54.0 Å². The number of amides is 1. The van der Waals surface area contributed by atoms with E-state index in [1.54, 1.807) is 11.3 Å². The van der Waals surface area contributed by atoms with Gasteiger partial charge in [-0.1, -0.05) is 0 Å². The number of aryl methyl sites for hydroxylation is 3. The number of carbonyl (C=O) groups excluding carboxylic acids is 1. The molecule has 1 fully saturated rings. The molecule has 0 atom stereocenters. The first-order valence-corrected chi connectivity index (χ1v) is 10.9. The fourth-order valence-electron chi connectivity index (χ4n) is 3.60. The molecule has 3 heterocycles. The van der Waals surface area contributed by atoms with E-state index < -0.39 is 0 Å². The number of hydrogen-bond acceptors (Lipinski definition) is 6. The van der Waals surface area contributed by atoms with Gasteiger partial charge in [0.1, 0.15) is 0 Å². The van der Waals surface area contributed by atoms with Crippen LogP contribution in [0.5, 0.6) is 0 Å². The second-order valence-corrected chi connectivity index (χ2v) is 8.86. The minimum atomic E-state index is 0.0285.